The molecule has 21 heavy (non-hydrogen) atoms. The molecule has 2 fully saturated rings. The SMILES string of the molecule is O=c1c(NCCC2CCCO2)c(Br)cnn1CC1CCC1. The van der Waals surface area contributed by atoms with Crippen molar-refractivity contribution in [3.63, 3.8) is 0 Å². The van der Waals surface area contributed by atoms with Crippen molar-refractivity contribution >= 4 is 21.6 Å². The molecule has 6 heteroatoms. The molecule has 1 saturated heterocycles. The highest BCUT2D eigenvalue weighted by Gasteiger charge is 2.20. The molecule has 1 aliphatic heterocycles. The number of halogens is 1. The highest BCUT2D eigenvalue weighted by Crippen LogP contribution is 2.27. The summed E-state index contributed by atoms with van der Waals surface area (Å²) >= 11 is 3.42. The predicted octanol–water partition coefficient (Wildman–Crippen LogP) is 2.79. The molecule has 1 aromatic rings. The van der Waals surface area contributed by atoms with E-state index in [-0.39, 0.29) is 5.56 Å². The predicted molar refractivity (Wildman–Crippen MR) is 85.6 cm³/mol. The standard InChI is InChI=1S/C15H22BrN3O2/c16-13-9-18-19(10-11-3-1-4-11)15(20)14(13)17-7-6-12-5-2-8-21-12/h9,11-12,17H,1-8,10H2. The van der Waals surface area contributed by atoms with Gasteiger partial charge in [-0.05, 0) is 54.0 Å². The molecular formula is C15H22BrN3O2. The normalized spacial score (nSPS) is 22.2. The number of nitrogens with one attached hydrogen (secondary N) is 1. The Kier molecular flexibility index (Phi) is 4.95. The van der Waals surface area contributed by atoms with Gasteiger partial charge in [-0.3, -0.25) is 4.79 Å². The van der Waals surface area contributed by atoms with Gasteiger partial charge in [0, 0.05) is 19.7 Å². The summed E-state index contributed by atoms with van der Waals surface area (Å²) in [7, 11) is 0. The molecule has 1 N–H and O–H groups in total. The van der Waals surface area contributed by atoms with E-state index < -0.39 is 0 Å². The Balaban J connectivity index is 1.62. The van der Waals surface area contributed by atoms with Gasteiger partial charge in [-0.1, -0.05) is 6.42 Å². The molecule has 0 aromatic carbocycles. The van der Waals surface area contributed by atoms with Crippen LogP contribution in [-0.2, 0) is 11.3 Å². The van der Waals surface area contributed by atoms with Crippen LogP contribution in [0.5, 0.6) is 0 Å². The van der Waals surface area contributed by atoms with Gasteiger partial charge in [0.15, 0.2) is 0 Å². The summed E-state index contributed by atoms with van der Waals surface area (Å²) in [6, 6.07) is 0. The fourth-order valence-electron chi connectivity index (χ4n) is 2.91. The van der Waals surface area contributed by atoms with Crippen LogP contribution in [0, 0.1) is 5.92 Å². The van der Waals surface area contributed by atoms with Gasteiger partial charge in [-0.25, -0.2) is 4.68 Å². The number of hydrogen-bond acceptors (Lipinski definition) is 4. The lowest BCUT2D eigenvalue weighted by Gasteiger charge is -2.25. The molecule has 1 aliphatic carbocycles. The average Bonchev–Trinajstić information content (AvgIpc) is 2.93. The van der Waals surface area contributed by atoms with E-state index in [0.29, 0.717) is 17.7 Å². The van der Waals surface area contributed by atoms with Crippen molar-refractivity contribution in [1.29, 1.82) is 0 Å². The van der Waals surface area contributed by atoms with Crippen LogP contribution in [0.1, 0.15) is 38.5 Å². The first-order valence-corrected chi connectivity index (χ1v) is 8.64. The van der Waals surface area contributed by atoms with Crippen molar-refractivity contribution in [2.24, 2.45) is 5.92 Å². The lowest BCUT2D eigenvalue weighted by atomic mass is 9.85. The summed E-state index contributed by atoms with van der Waals surface area (Å²) < 4.78 is 7.94. The van der Waals surface area contributed by atoms with Crippen LogP contribution >= 0.6 is 15.9 Å². The van der Waals surface area contributed by atoms with Gasteiger partial charge in [0.25, 0.3) is 5.56 Å². The second-order valence-electron chi connectivity index (χ2n) is 6.00. The molecule has 116 valence electrons. The van der Waals surface area contributed by atoms with E-state index in [4.69, 9.17) is 4.74 Å². The second kappa shape index (κ2) is 6.92. The van der Waals surface area contributed by atoms with E-state index in [9.17, 15) is 4.79 Å². The first kappa shape index (κ1) is 15.0. The molecule has 2 heterocycles. The third-order valence-corrected chi connectivity index (χ3v) is 5.05. The Morgan fingerprint density at radius 3 is 2.90 bits per heavy atom. The Morgan fingerprint density at radius 2 is 2.24 bits per heavy atom. The zero-order valence-electron chi connectivity index (χ0n) is 12.2. The molecule has 3 rings (SSSR count). The first-order chi connectivity index (χ1) is 10.2. The van der Waals surface area contributed by atoms with Gasteiger partial charge in [0.2, 0.25) is 0 Å². The number of aromatic nitrogens is 2. The molecule has 1 saturated carbocycles. The summed E-state index contributed by atoms with van der Waals surface area (Å²) in [5.41, 5.74) is 0.603. The van der Waals surface area contributed by atoms with Gasteiger partial charge in [0.05, 0.1) is 16.8 Å². The van der Waals surface area contributed by atoms with Crippen LogP contribution in [0.2, 0.25) is 0 Å². The van der Waals surface area contributed by atoms with Gasteiger partial charge < -0.3 is 10.1 Å². The van der Waals surface area contributed by atoms with Crippen LogP contribution < -0.4 is 10.9 Å². The van der Waals surface area contributed by atoms with Crippen LogP contribution in [-0.4, -0.2) is 29.0 Å². The fraction of sp³-hybridized carbons (Fsp3) is 0.733. The van der Waals surface area contributed by atoms with Gasteiger partial charge in [-0.2, -0.15) is 5.10 Å². The van der Waals surface area contributed by atoms with E-state index in [1.165, 1.54) is 19.3 Å². The average molecular weight is 356 g/mol. The lowest BCUT2D eigenvalue weighted by molar-refractivity contribution is 0.107. The third kappa shape index (κ3) is 3.66. The maximum Gasteiger partial charge on any atom is 0.291 e. The van der Waals surface area contributed by atoms with Gasteiger partial charge in [0.1, 0.15) is 5.69 Å². The number of nitrogens with zero attached hydrogens (tertiary/aromatic N) is 2. The summed E-state index contributed by atoms with van der Waals surface area (Å²) in [6.45, 7) is 2.37. The van der Waals surface area contributed by atoms with E-state index >= 15 is 0 Å². The molecule has 1 atom stereocenters. The highest BCUT2D eigenvalue weighted by atomic mass is 79.9. The summed E-state index contributed by atoms with van der Waals surface area (Å²) in [5, 5.41) is 7.50. The van der Waals surface area contributed by atoms with Crippen molar-refractivity contribution in [2.75, 3.05) is 18.5 Å². The van der Waals surface area contributed by atoms with Gasteiger partial charge in [-0.15, -0.1) is 0 Å². The summed E-state index contributed by atoms with van der Waals surface area (Å²) in [5.74, 6) is 0.621. The fourth-order valence-corrected chi connectivity index (χ4v) is 3.31. The molecule has 1 unspecified atom stereocenters. The van der Waals surface area contributed by atoms with E-state index in [1.807, 2.05) is 0 Å². The minimum absolute atomic E-state index is 0.0244. The Hall–Kier alpha value is -0.880. The molecule has 2 aliphatic rings. The Bertz CT molecular complexity index is 536. The second-order valence-corrected chi connectivity index (χ2v) is 6.86. The molecule has 0 bridgehead atoms. The molecule has 0 amide bonds. The van der Waals surface area contributed by atoms with Gasteiger partial charge >= 0.3 is 0 Å². The maximum absolute atomic E-state index is 12.5. The van der Waals surface area contributed by atoms with E-state index in [2.05, 4.69) is 26.3 Å². The monoisotopic (exact) mass is 355 g/mol. The first-order valence-electron chi connectivity index (χ1n) is 7.85. The third-order valence-electron chi connectivity index (χ3n) is 4.45. The zero-order chi connectivity index (χ0) is 14.7. The largest absolute Gasteiger partial charge is 0.379 e. The minimum atomic E-state index is -0.0244. The Labute approximate surface area is 133 Å². The van der Waals surface area contributed by atoms with E-state index in [1.54, 1.807) is 10.9 Å². The number of rotatable bonds is 6. The van der Waals surface area contributed by atoms with Crippen LogP contribution in [0.4, 0.5) is 5.69 Å². The molecule has 1 aromatic heterocycles. The molecule has 0 spiro atoms. The van der Waals surface area contributed by atoms with E-state index in [0.717, 1.165) is 43.4 Å². The number of hydrogen-bond donors (Lipinski definition) is 1. The zero-order valence-corrected chi connectivity index (χ0v) is 13.8. The van der Waals surface area contributed by atoms with Crippen molar-refractivity contribution < 1.29 is 4.74 Å². The van der Waals surface area contributed by atoms with Crippen molar-refractivity contribution in [3.8, 4) is 0 Å². The van der Waals surface area contributed by atoms with Crippen molar-refractivity contribution in [2.45, 2.75) is 51.2 Å². The topological polar surface area (TPSA) is 56.1 Å². The Morgan fingerprint density at radius 1 is 1.38 bits per heavy atom. The quantitative estimate of drug-likeness (QED) is 0.852. The number of ether oxygens (including phenoxy) is 1. The van der Waals surface area contributed by atoms with Crippen LogP contribution in [0.3, 0.4) is 0 Å². The summed E-state index contributed by atoms with van der Waals surface area (Å²) in [4.78, 5) is 12.5. The highest BCUT2D eigenvalue weighted by molar-refractivity contribution is 9.10. The molecule has 0 radical (unpaired) electrons. The van der Waals surface area contributed by atoms with Crippen LogP contribution in [0.15, 0.2) is 15.5 Å². The molecular weight excluding hydrogens is 334 g/mol. The number of anilines is 1. The lowest BCUT2D eigenvalue weighted by Crippen LogP contribution is -2.31. The molecule has 5 nitrogen and oxygen atoms in total. The minimum Gasteiger partial charge on any atom is -0.379 e. The van der Waals surface area contributed by atoms with Crippen molar-refractivity contribution in [3.05, 3.63) is 21.0 Å². The summed E-state index contributed by atoms with van der Waals surface area (Å²) in [6.07, 6.45) is 8.99. The maximum atomic E-state index is 12.5. The smallest absolute Gasteiger partial charge is 0.291 e. The van der Waals surface area contributed by atoms with Crippen LogP contribution in [0.25, 0.3) is 0 Å². The van der Waals surface area contributed by atoms with Crippen molar-refractivity contribution in [1.82, 2.24) is 9.78 Å².